The zero-order chi connectivity index (χ0) is 21.7. The lowest BCUT2D eigenvalue weighted by Crippen LogP contribution is -2.36. The summed E-state index contributed by atoms with van der Waals surface area (Å²) in [5, 5.41) is 6.71. The summed E-state index contributed by atoms with van der Waals surface area (Å²) in [5.41, 5.74) is 2.04. The molecule has 0 unspecified atom stereocenters. The average Bonchev–Trinajstić information content (AvgIpc) is 3.21. The van der Waals surface area contributed by atoms with E-state index in [1.165, 1.54) is 5.56 Å². The van der Waals surface area contributed by atoms with Gasteiger partial charge in [0.05, 0.1) is 13.7 Å². The van der Waals surface area contributed by atoms with Crippen molar-refractivity contribution in [1.29, 1.82) is 0 Å². The molecular weight excluding hydrogens is 382 g/mol. The van der Waals surface area contributed by atoms with E-state index >= 15 is 0 Å². The molecule has 0 spiro atoms. The number of amides is 1. The van der Waals surface area contributed by atoms with Crippen molar-refractivity contribution in [1.82, 2.24) is 15.5 Å². The Kier molecular flexibility index (Phi) is 6.40. The van der Waals surface area contributed by atoms with Gasteiger partial charge in [-0.2, -0.15) is 4.98 Å². The topological polar surface area (TPSA) is 86.5 Å². The van der Waals surface area contributed by atoms with Gasteiger partial charge in [0, 0.05) is 5.56 Å². The third kappa shape index (κ3) is 5.37. The molecule has 1 heterocycles. The second-order valence-corrected chi connectivity index (χ2v) is 8.00. The van der Waals surface area contributed by atoms with Crippen molar-refractivity contribution in [2.75, 3.05) is 7.11 Å². The Bertz CT molecular complexity index is 990. The van der Waals surface area contributed by atoms with Gasteiger partial charge in [-0.15, -0.1) is 0 Å². The minimum absolute atomic E-state index is 0.0648. The van der Waals surface area contributed by atoms with Gasteiger partial charge in [-0.05, 0) is 42.2 Å². The molecule has 1 N–H and O–H groups in total. The zero-order valence-corrected chi connectivity index (χ0v) is 17.9. The van der Waals surface area contributed by atoms with E-state index in [0.29, 0.717) is 23.2 Å². The molecule has 3 aromatic rings. The molecule has 0 saturated heterocycles. The first-order valence-electron chi connectivity index (χ1n) is 9.78. The molecule has 1 atom stereocenters. The summed E-state index contributed by atoms with van der Waals surface area (Å²) in [6.07, 6.45) is -0.661. The molecule has 1 amide bonds. The lowest BCUT2D eigenvalue weighted by molar-refractivity contribution is -0.127. The Morgan fingerprint density at radius 3 is 2.53 bits per heavy atom. The Morgan fingerprint density at radius 2 is 1.87 bits per heavy atom. The van der Waals surface area contributed by atoms with Crippen LogP contribution in [-0.4, -0.2) is 29.3 Å². The fourth-order valence-corrected chi connectivity index (χ4v) is 2.80. The first-order chi connectivity index (χ1) is 14.3. The van der Waals surface area contributed by atoms with Crippen LogP contribution in [0.2, 0.25) is 0 Å². The van der Waals surface area contributed by atoms with Crippen molar-refractivity contribution in [2.24, 2.45) is 0 Å². The molecular formula is C23H27N3O4. The van der Waals surface area contributed by atoms with Crippen LogP contribution in [0.15, 0.2) is 53.1 Å². The van der Waals surface area contributed by atoms with Crippen molar-refractivity contribution >= 4 is 5.91 Å². The highest BCUT2D eigenvalue weighted by atomic mass is 16.5. The molecule has 0 radical (unpaired) electrons. The SMILES string of the molecule is COc1cccc(-c2noc(CNC(=O)[C@@H](C)Oc3ccc(C(C)(C)C)cc3)n2)c1. The number of ether oxygens (including phenoxy) is 2. The summed E-state index contributed by atoms with van der Waals surface area (Å²) in [6.45, 7) is 8.26. The van der Waals surface area contributed by atoms with E-state index in [0.717, 1.165) is 5.56 Å². The molecule has 0 fully saturated rings. The minimum atomic E-state index is -0.661. The second kappa shape index (κ2) is 8.98. The third-order valence-corrected chi connectivity index (χ3v) is 4.61. The van der Waals surface area contributed by atoms with Gasteiger partial charge in [-0.1, -0.05) is 50.2 Å². The maximum Gasteiger partial charge on any atom is 0.261 e. The van der Waals surface area contributed by atoms with Gasteiger partial charge in [0.25, 0.3) is 5.91 Å². The molecule has 2 aromatic carbocycles. The first kappa shape index (κ1) is 21.4. The predicted octanol–water partition coefficient (Wildman–Crippen LogP) is 4.13. The number of methoxy groups -OCH3 is 1. The smallest absolute Gasteiger partial charge is 0.261 e. The summed E-state index contributed by atoms with van der Waals surface area (Å²) in [6, 6.07) is 15.1. The van der Waals surface area contributed by atoms with Gasteiger partial charge in [-0.25, -0.2) is 0 Å². The van der Waals surface area contributed by atoms with Crippen LogP contribution < -0.4 is 14.8 Å². The van der Waals surface area contributed by atoms with Crippen molar-refractivity contribution in [3.05, 3.63) is 60.0 Å². The molecule has 158 valence electrons. The van der Waals surface area contributed by atoms with Crippen molar-refractivity contribution in [3.8, 4) is 22.9 Å². The van der Waals surface area contributed by atoms with Gasteiger partial charge in [0.1, 0.15) is 11.5 Å². The number of benzene rings is 2. The fraction of sp³-hybridized carbons (Fsp3) is 0.348. The van der Waals surface area contributed by atoms with Crippen molar-refractivity contribution in [3.63, 3.8) is 0 Å². The first-order valence-corrected chi connectivity index (χ1v) is 9.78. The Hall–Kier alpha value is -3.35. The van der Waals surface area contributed by atoms with E-state index in [4.69, 9.17) is 14.0 Å². The van der Waals surface area contributed by atoms with Gasteiger partial charge in [0.15, 0.2) is 6.10 Å². The Balaban J connectivity index is 1.54. The summed E-state index contributed by atoms with van der Waals surface area (Å²) < 4.78 is 16.2. The van der Waals surface area contributed by atoms with E-state index in [-0.39, 0.29) is 17.9 Å². The predicted molar refractivity (Wildman–Crippen MR) is 113 cm³/mol. The van der Waals surface area contributed by atoms with Crippen molar-refractivity contribution in [2.45, 2.75) is 45.8 Å². The number of rotatable bonds is 7. The van der Waals surface area contributed by atoms with E-state index in [9.17, 15) is 4.79 Å². The van der Waals surface area contributed by atoms with Gasteiger partial charge < -0.3 is 19.3 Å². The second-order valence-electron chi connectivity index (χ2n) is 8.00. The zero-order valence-electron chi connectivity index (χ0n) is 17.9. The van der Waals surface area contributed by atoms with E-state index in [2.05, 4.69) is 36.2 Å². The molecule has 0 aliphatic carbocycles. The van der Waals surface area contributed by atoms with E-state index in [1.807, 2.05) is 48.5 Å². The molecule has 0 saturated carbocycles. The standard InChI is InChI=1S/C23H27N3O4/c1-15(29-18-11-9-17(10-12-18)23(2,3)4)22(27)24-14-20-25-21(26-30-20)16-7-6-8-19(13-16)28-5/h6-13,15H,14H2,1-5H3,(H,24,27)/t15-/m1/s1. The van der Waals surface area contributed by atoms with Crippen LogP contribution in [0.4, 0.5) is 0 Å². The maximum absolute atomic E-state index is 12.4. The molecule has 0 aliphatic heterocycles. The van der Waals surface area contributed by atoms with E-state index < -0.39 is 6.10 Å². The molecule has 0 aliphatic rings. The largest absolute Gasteiger partial charge is 0.497 e. The number of nitrogens with one attached hydrogen (secondary N) is 1. The third-order valence-electron chi connectivity index (χ3n) is 4.61. The highest BCUT2D eigenvalue weighted by Crippen LogP contribution is 2.25. The van der Waals surface area contributed by atoms with Gasteiger partial charge in [0.2, 0.25) is 11.7 Å². The number of aromatic nitrogens is 2. The monoisotopic (exact) mass is 409 g/mol. The molecule has 7 heteroatoms. The normalized spacial score (nSPS) is 12.3. The summed E-state index contributed by atoms with van der Waals surface area (Å²) in [4.78, 5) is 16.7. The number of carbonyl (C=O) groups excluding carboxylic acids is 1. The van der Waals surface area contributed by atoms with Crippen LogP contribution in [0.1, 0.15) is 39.1 Å². The number of carbonyl (C=O) groups is 1. The number of hydrogen-bond acceptors (Lipinski definition) is 6. The summed E-state index contributed by atoms with van der Waals surface area (Å²) in [5.74, 6) is 1.82. The van der Waals surface area contributed by atoms with Crippen LogP contribution in [0.5, 0.6) is 11.5 Å². The summed E-state index contributed by atoms with van der Waals surface area (Å²) in [7, 11) is 1.60. The van der Waals surface area contributed by atoms with Gasteiger partial charge in [-0.3, -0.25) is 4.79 Å². The lowest BCUT2D eigenvalue weighted by atomic mass is 9.87. The molecule has 1 aromatic heterocycles. The highest BCUT2D eigenvalue weighted by molar-refractivity contribution is 5.80. The number of nitrogens with zero attached hydrogens (tertiary/aromatic N) is 2. The molecule has 7 nitrogen and oxygen atoms in total. The van der Waals surface area contributed by atoms with Crippen LogP contribution in [-0.2, 0) is 16.8 Å². The average molecular weight is 409 g/mol. The van der Waals surface area contributed by atoms with Crippen LogP contribution in [0.3, 0.4) is 0 Å². The van der Waals surface area contributed by atoms with Crippen LogP contribution in [0.25, 0.3) is 11.4 Å². The van der Waals surface area contributed by atoms with Crippen LogP contribution in [0, 0.1) is 0 Å². The quantitative estimate of drug-likeness (QED) is 0.631. The highest BCUT2D eigenvalue weighted by Gasteiger charge is 2.18. The molecule has 0 bridgehead atoms. The maximum atomic E-state index is 12.4. The number of hydrogen-bond donors (Lipinski definition) is 1. The Morgan fingerprint density at radius 1 is 1.13 bits per heavy atom. The minimum Gasteiger partial charge on any atom is -0.497 e. The fourth-order valence-electron chi connectivity index (χ4n) is 2.80. The summed E-state index contributed by atoms with van der Waals surface area (Å²) >= 11 is 0. The van der Waals surface area contributed by atoms with E-state index in [1.54, 1.807) is 14.0 Å². The van der Waals surface area contributed by atoms with Gasteiger partial charge >= 0.3 is 0 Å². The van der Waals surface area contributed by atoms with Crippen LogP contribution >= 0.6 is 0 Å². The molecule has 3 rings (SSSR count). The molecule has 30 heavy (non-hydrogen) atoms. The lowest BCUT2D eigenvalue weighted by Gasteiger charge is -2.20. The van der Waals surface area contributed by atoms with Crippen molar-refractivity contribution < 1.29 is 18.8 Å². The Labute approximate surface area is 176 Å².